The first-order valence-electron chi connectivity index (χ1n) is 23.6. The molecule has 0 bridgehead atoms. The van der Waals surface area contributed by atoms with Gasteiger partial charge in [-0.1, -0.05) is 24.3 Å². The zero-order valence-corrected chi connectivity index (χ0v) is 40.6. The van der Waals surface area contributed by atoms with Crippen LogP contribution in [0.15, 0.2) is 99.3 Å². The number of aromatic nitrogens is 10. The highest BCUT2D eigenvalue weighted by Crippen LogP contribution is 2.21. The summed E-state index contributed by atoms with van der Waals surface area (Å²) in [4.78, 5) is 28.8. The minimum Gasteiger partial charge on any atom is -0.492 e. The summed E-state index contributed by atoms with van der Waals surface area (Å²) in [5, 5.41) is 11.1. The normalized spacial score (nSPS) is 16.4. The second-order valence-electron chi connectivity index (χ2n) is 17.1. The van der Waals surface area contributed by atoms with Crippen LogP contribution in [-0.4, -0.2) is 152 Å². The molecule has 0 aliphatic carbocycles. The number of piperidine rings is 2. The van der Waals surface area contributed by atoms with E-state index in [0.717, 1.165) is 79.7 Å². The highest BCUT2D eigenvalue weighted by atomic mass is 32.2. The van der Waals surface area contributed by atoms with Crippen molar-refractivity contribution in [3.05, 3.63) is 96.4 Å². The van der Waals surface area contributed by atoms with Crippen LogP contribution in [0.25, 0.3) is 34.7 Å². The number of nitrogens with one attached hydrogen (secondary N) is 1. The summed E-state index contributed by atoms with van der Waals surface area (Å²) < 4.78 is 74.0. The van der Waals surface area contributed by atoms with E-state index in [1.54, 1.807) is 30.5 Å². The van der Waals surface area contributed by atoms with Crippen LogP contribution in [0.4, 0.5) is 26.6 Å². The van der Waals surface area contributed by atoms with Crippen LogP contribution in [0.5, 0.6) is 11.5 Å². The molecule has 0 spiro atoms. The van der Waals surface area contributed by atoms with Gasteiger partial charge in [0.15, 0.2) is 11.5 Å². The number of nitrogens with two attached hydrogens (primary N) is 3. The molecule has 7 N–H and O–H groups in total. The molecule has 6 aromatic heterocycles. The lowest BCUT2D eigenvalue weighted by atomic mass is 10.1. The van der Waals surface area contributed by atoms with Crippen molar-refractivity contribution < 1.29 is 35.5 Å². The molecule has 2 unspecified atom stereocenters. The number of hydrogen-bond donors (Lipinski definition) is 4. The van der Waals surface area contributed by atoms with Gasteiger partial charge in [0.25, 0.3) is 16.7 Å². The number of hydrogen-bond acceptors (Lipinski definition) is 20. The lowest BCUT2D eigenvalue weighted by Gasteiger charge is -2.28. The van der Waals surface area contributed by atoms with E-state index in [2.05, 4.69) is 55.2 Å². The largest absolute Gasteiger partial charge is 0.492 e. The third-order valence-electron chi connectivity index (χ3n) is 11.5. The van der Waals surface area contributed by atoms with Gasteiger partial charge >= 0.3 is 0 Å². The number of halogens is 2. The number of ether oxygens (including phenoxy) is 2. The van der Waals surface area contributed by atoms with Gasteiger partial charge in [-0.2, -0.15) is 38.9 Å². The van der Waals surface area contributed by atoms with Crippen molar-refractivity contribution in [2.24, 2.45) is 5.73 Å². The quantitative estimate of drug-likeness (QED) is 0.0970. The minimum absolute atomic E-state index is 0.0410. The van der Waals surface area contributed by atoms with Crippen molar-refractivity contribution in [1.82, 2.24) is 58.9 Å². The monoisotopic (exact) mass is 1010 g/mol. The summed E-state index contributed by atoms with van der Waals surface area (Å²) in [6.07, 6.45) is 7.56. The van der Waals surface area contributed by atoms with Gasteiger partial charge in [0.1, 0.15) is 37.1 Å². The standard InChI is InChI=1S/C23H27FN8O2.C15H23FN2O.C9H8N6O3S/c24-17-3-1-11-31(15-17)12-14-33-18-7-5-16(6-8-18)9-10-26-22-28-21(25)32-23(29-22)27-20(30-32)19-4-2-13-34-19;16-14-2-1-9-18(12-14)10-11-19-15-5-3-13(4-6-15)7-8-17;1-19(16,17)9-12-7(10)15-8(13-9)11-6(14-15)5-3-2-4-18-5/h2,4-8,13,17H,1,3,9-12,14-15H2,(H3,25,26,27,28,29,30);3-6,14H,1-2,7-12,17H2;2-4H,1H3,(H2,10,11,12,13,14). The van der Waals surface area contributed by atoms with Crippen molar-refractivity contribution in [1.29, 1.82) is 0 Å². The Hall–Kier alpha value is -7.35. The zero-order valence-electron chi connectivity index (χ0n) is 39.8. The van der Waals surface area contributed by atoms with Crippen LogP contribution >= 0.6 is 0 Å². The molecule has 0 radical (unpaired) electrons. The smallest absolute Gasteiger partial charge is 0.259 e. The molecular formula is C47H58F2N16O6S. The first-order valence-corrected chi connectivity index (χ1v) is 25.4. The summed E-state index contributed by atoms with van der Waals surface area (Å²) in [5.41, 5.74) is 19.5. The van der Waals surface area contributed by atoms with Gasteiger partial charge in [-0.05, 0) is 118 Å². The fraction of sp³-hybridized carbons (Fsp3) is 0.404. The molecule has 8 heterocycles. The third kappa shape index (κ3) is 14.2. The SMILES string of the molecule is CS(=O)(=O)c1nc(N)n2nc(-c3ccco3)nc2n1.NCCc1ccc(OCCN2CCCC(F)C2)cc1.Nc1nc(NCCc2ccc(OCCN3CCCC(F)C3)cc2)nc2nc(-c3ccco3)nn12. The average Bonchev–Trinajstić information content (AvgIpc) is 4.22. The Morgan fingerprint density at radius 1 is 0.681 bits per heavy atom. The highest BCUT2D eigenvalue weighted by Gasteiger charge is 2.21. The number of rotatable bonds is 17. The Balaban J connectivity index is 0.000000156. The van der Waals surface area contributed by atoms with Crippen molar-refractivity contribution in [2.45, 2.75) is 56.0 Å². The number of sulfone groups is 1. The van der Waals surface area contributed by atoms with Crippen molar-refractivity contribution in [3.8, 4) is 34.7 Å². The first kappa shape index (κ1) is 51.0. The number of likely N-dealkylation sites (tertiary alicyclic amines) is 2. The van der Waals surface area contributed by atoms with E-state index < -0.39 is 27.3 Å². The molecule has 25 heteroatoms. The second-order valence-corrected chi connectivity index (χ2v) is 19.0. The Bertz CT molecular complexity index is 3050. The van der Waals surface area contributed by atoms with Gasteiger partial charge in [0.05, 0.1) is 12.5 Å². The molecule has 0 amide bonds. The minimum atomic E-state index is -3.57. The molecule has 2 aliphatic heterocycles. The lowest BCUT2D eigenvalue weighted by molar-refractivity contribution is 0.121. The van der Waals surface area contributed by atoms with Crippen LogP contribution in [-0.2, 0) is 22.7 Å². The van der Waals surface area contributed by atoms with E-state index in [-0.39, 0.29) is 23.5 Å². The predicted octanol–water partition coefficient (Wildman–Crippen LogP) is 4.59. The summed E-state index contributed by atoms with van der Waals surface area (Å²) in [6, 6.07) is 22.9. The maximum atomic E-state index is 13.5. The summed E-state index contributed by atoms with van der Waals surface area (Å²) in [6.45, 7) is 6.99. The topological polar surface area (TPSA) is 287 Å². The van der Waals surface area contributed by atoms with Gasteiger partial charge < -0.3 is 40.8 Å². The summed E-state index contributed by atoms with van der Waals surface area (Å²) in [5.74, 6) is 4.12. The number of nitrogen functional groups attached to an aromatic ring is 2. The number of fused-ring (bicyclic) bond motifs is 2. The Morgan fingerprint density at radius 2 is 1.18 bits per heavy atom. The van der Waals surface area contributed by atoms with Crippen LogP contribution in [0.1, 0.15) is 36.8 Å². The van der Waals surface area contributed by atoms with Gasteiger partial charge in [-0.3, -0.25) is 9.80 Å². The molecule has 22 nitrogen and oxygen atoms in total. The van der Waals surface area contributed by atoms with E-state index in [9.17, 15) is 17.2 Å². The molecule has 2 atom stereocenters. The predicted molar refractivity (Wildman–Crippen MR) is 264 cm³/mol. The Morgan fingerprint density at radius 3 is 1.65 bits per heavy atom. The van der Waals surface area contributed by atoms with E-state index >= 15 is 0 Å². The van der Waals surface area contributed by atoms with Crippen LogP contribution < -0.4 is 32.0 Å². The fourth-order valence-electron chi connectivity index (χ4n) is 7.84. The molecule has 0 saturated carbocycles. The molecule has 2 saturated heterocycles. The van der Waals surface area contributed by atoms with Gasteiger partial charge in [0, 0.05) is 39.0 Å². The Labute approximate surface area is 413 Å². The maximum absolute atomic E-state index is 13.5. The number of anilines is 3. The van der Waals surface area contributed by atoms with Crippen molar-refractivity contribution >= 4 is 39.2 Å². The molecular weight excluding hydrogens is 955 g/mol. The lowest BCUT2D eigenvalue weighted by Crippen LogP contribution is -2.38. The zero-order chi connectivity index (χ0) is 50.5. The van der Waals surface area contributed by atoms with E-state index in [1.807, 2.05) is 48.5 Å². The molecule has 382 valence electrons. The maximum Gasteiger partial charge on any atom is 0.259 e. The van der Waals surface area contributed by atoms with Crippen LogP contribution in [0.3, 0.4) is 0 Å². The Kier molecular flexibility index (Phi) is 17.1. The van der Waals surface area contributed by atoms with E-state index in [1.165, 1.54) is 16.3 Å². The molecule has 72 heavy (non-hydrogen) atoms. The third-order valence-corrected chi connectivity index (χ3v) is 12.3. The summed E-state index contributed by atoms with van der Waals surface area (Å²) >= 11 is 0. The van der Waals surface area contributed by atoms with Crippen molar-refractivity contribution in [2.75, 3.05) is 88.6 Å². The number of furan rings is 2. The van der Waals surface area contributed by atoms with Crippen LogP contribution in [0.2, 0.25) is 0 Å². The molecule has 10 rings (SSSR count). The molecule has 2 fully saturated rings. The van der Waals surface area contributed by atoms with Crippen molar-refractivity contribution in [3.63, 3.8) is 0 Å². The van der Waals surface area contributed by atoms with Gasteiger partial charge in [-0.15, -0.1) is 10.2 Å². The number of nitrogens with zero attached hydrogens (tertiary/aromatic N) is 12. The molecule has 2 aliphatic rings. The molecule has 2 aromatic carbocycles. The number of benzene rings is 2. The van der Waals surface area contributed by atoms with Gasteiger partial charge in [-0.25, -0.2) is 17.2 Å². The first-order chi connectivity index (χ1) is 34.9. The molecule has 8 aromatic rings. The average molecular weight is 1010 g/mol. The second kappa shape index (κ2) is 24.2. The number of alkyl halides is 2. The van der Waals surface area contributed by atoms with Gasteiger partial charge in [0.2, 0.25) is 39.3 Å². The fourth-order valence-corrected chi connectivity index (χ4v) is 8.34. The summed E-state index contributed by atoms with van der Waals surface area (Å²) in [7, 11) is -3.57. The van der Waals surface area contributed by atoms with E-state index in [4.69, 9.17) is 35.5 Å². The highest BCUT2D eigenvalue weighted by molar-refractivity contribution is 7.90. The van der Waals surface area contributed by atoms with E-state index in [0.29, 0.717) is 81.3 Å². The van der Waals surface area contributed by atoms with Crippen LogP contribution in [0, 0.1) is 0 Å².